The van der Waals surface area contributed by atoms with E-state index in [9.17, 15) is 21.6 Å². The highest BCUT2D eigenvalue weighted by Gasteiger charge is 2.39. The molecule has 0 unspecified atom stereocenters. The van der Waals surface area contributed by atoms with Crippen LogP contribution >= 0.6 is 0 Å². The number of sulfonamides is 1. The number of hydrogen-bond donors (Lipinski definition) is 1. The minimum atomic E-state index is -3.95. The van der Waals surface area contributed by atoms with Crippen molar-refractivity contribution in [3.05, 3.63) is 18.2 Å². The van der Waals surface area contributed by atoms with Gasteiger partial charge >= 0.3 is 0 Å². The fourth-order valence-electron chi connectivity index (χ4n) is 3.08. The van der Waals surface area contributed by atoms with Crippen LogP contribution in [0.25, 0.3) is 0 Å². The fraction of sp³-hybridized carbons (Fsp3) is 0.588. The van der Waals surface area contributed by atoms with Gasteiger partial charge in [-0.3, -0.25) is 4.79 Å². The minimum Gasteiger partial charge on any atom is -0.495 e. The number of benzene rings is 1. The number of amides is 1. The Kier molecular flexibility index (Phi) is 6.54. The zero-order valence-corrected chi connectivity index (χ0v) is 17.6. The van der Waals surface area contributed by atoms with Crippen LogP contribution in [0.2, 0.25) is 0 Å². The number of sulfone groups is 1. The third kappa shape index (κ3) is 5.20. The predicted molar refractivity (Wildman–Crippen MR) is 103 cm³/mol. The molecule has 0 saturated carbocycles. The van der Waals surface area contributed by atoms with Gasteiger partial charge in [-0.2, -0.15) is 4.31 Å². The van der Waals surface area contributed by atoms with E-state index in [1.807, 2.05) is 13.8 Å². The van der Waals surface area contributed by atoms with Crippen LogP contribution in [0.1, 0.15) is 27.2 Å². The molecule has 0 radical (unpaired) electrons. The van der Waals surface area contributed by atoms with Crippen molar-refractivity contribution < 1.29 is 26.4 Å². The Labute approximate surface area is 160 Å². The zero-order valence-electron chi connectivity index (χ0n) is 15.9. The molecule has 1 saturated heterocycles. The van der Waals surface area contributed by atoms with Crippen molar-refractivity contribution in [3.63, 3.8) is 0 Å². The van der Waals surface area contributed by atoms with Crippen molar-refractivity contribution >= 4 is 31.5 Å². The van der Waals surface area contributed by atoms with Gasteiger partial charge in [-0.1, -0.05) is 13.8 Å². The molecule has 10 heteroatoms. The number of nitrogens with one attached hydrogen (secondary N) is 1. The summed E-state index contributed by atoms with van der Waals surface area (Å²) in [4.78, 5) is 11.4. The Morgan fingerprint density at radius 2 is 2.04 bits per heavy atom. The van der Waals surface area contributed by atoms with E-state index in [0.29, 0.717) is 5.75 Å². The van der Waals surface area contributed by atoms with E-state index in [1.165, 1.54) is 36.5 Å². The Bertz CT molecular complexity index is 909. The molecular formula is C17H26N2O6S2. The summed E-state index contributed by atoms with van der Waals surface area (Å²) in [5, 5.41) is 2.56. The fourth-order valence-corrected chi connectivity index (χ4v) is 6.75. The van der Waals surface area contributed by atoms with Gasteiger partial charge in [-0.05, 0) is 30.5 Å². The highest BCUT2D eigenvalue weighted by atomic mass is 32.2. The van der Waals surface area contributed by atoms with Crippen molar-refractivity contribution in [3.8, 4) is 5.75 Å². The highest BCUT2D eigenvalue weighted by molar-refractivity contribution is 7.92. The van der Waals surface area contributed by atoms with Gasteiger partial charge in [-0.15, -0.1) is 0 Å². The topological polar surface area (TPSA) is 110 Å². The quantitative estimate of drug-likeness (QED) is 0.718. The number of carbonyl (C=O) groups excluding carboxylic acids is 1. The van der Waals surface area contributed by atoms with E-state index in [4.69, 9.17) is 4.74 Å². The average molecular weight is 419 g/mol. The summed E-state index contributed by atoms with van der Waals surface area (Å²) in [6, 6.07) is 3.62. The van der Waals surface area contributed by atoms with Crippen molar-refractivity contribution in [2.24, 2.45) is 5.92 Å². The number of rotatable bonds is 7. The normalized spacial score (nSPS) is 19.4. The molecular weight excluding hydrogens is 392 g/mol. The first-order valence-corrected chi connectivity index (χ1v) is 11.9. The first-order chi connectivity index (χ1) is 12.5. The molecule has 27 heavy (non-hydrogen) atoms. The lowest BCUT2D eigenvalue weighted by molar-refractivity contribution is -0.114. The molecule has 1 N–H and O–H groups in total. The summed E-state index contributed by atoms with van der Waals surface area (Å²) in [5.74, 6) is -0.183. The van der Waals surface area contributed by atoms with Crippen LogP contribution < -0.4 is 10.1 Å². The molecule has 1 aliphatic rings. The summed E-state index contributed by atoms with van der Waals surface area (Å²) in [6.07, 6.45) is 0.281. The SMILES string of the molecule is COc1ccc(S(=O)(=O)N(CC(C)C)[C@@H]2CCS(=O)(=O)C2)cc1NC(C)=O. The Morgan fingerprint density at radius 1 is 1.37 bits per heavy atom. The third-order valence-corrected chi connectivity index (χ3v) is 7.91. The van der Waals surface area contributed by atoms with Gasteiger partial charge in [0, 0.05) is 19.5 Å². The molecule has 8 nitrogen and oxygen atoms in total. The predicted octanol–water partition coefficient (Wildman–Crippen LogP) is 1.49. The first kappa shape index (κ1) is 21.6. The lowest BCUT2D eigenvalue weighted by Gasteiger charge is -2.29. The van der Waals surface area contributed by atoms with E-state index in [-0.39, 0.29) is 46.9 Å². The monoisotopic (exact) mass is 418 g/mol. The second kappa shape index (κ2) is 8.15. The van der Waals surface area contributed by atoms with E-state index in [1.54, 1.807) is 0 Å². The third-order valence-electron chi connectivity index (χ3n) is 4.25. The van der Waals surface area contributed by atoms with Gasteiger partial charge in [0.1, 0.15) is 5.75 Å². The van der Waals surface area contributed by atoms with Crippen LogP contribution in [0, 0.1) is 5.92 Å². The van der Waals surface area contributed by atoms with Crippen molar-refractivity contribution in [1.29, 1.82) is 0 Å². The van der Waals surface area contributed by atoms with Crippen molar-refractivity contribution in [1.82, 2.24) is 4.31 Å². The standard InChI is InChI=1S/C17H26N2O6S2/c1-12(2)10-19(14-7-8-26(21,22)11-14)27(23,24)15-5-6-17(25-4)16(9-15)18-13(3)20/h5-6,9,12,14H,7-8,10-11H2,1-4H3,(H,18,20)/t14-/m1/s1. The maximum atomic E-state index is 13.3. The summed E-state index contributed by atoms with van der Waals surface area (Å²) in [5.41, 5.74) is 0.245. The van der Waals surface area contributed by atoms with Crippen LogP contribution in [-0.4, -0.2) is 58.3 Å². The molecule has 1 amide bonds. The zero-order chi connectivity index (χ0) is 20.4. The molecule has 1 aromatic rings. The van der Waals surface area contributed by atoms with Gasteiger partial charge in [0.15, 0.2) is 9.84 Å². The maximum Gasteiger partial charge on any atom is 0.243 e. The van der Waals surface area contributed by atoms with Gasteiger partial charge in [0.2, 0.25) is 15.9 Å². The molecule has 152 valence electrons. The number of nitrogens with zero attached hydrogens (tertiary/aromatic N) is 1. The molecule has 1 fully saturated rings. The number of methoxy groups -OCH3 is 1. The Balaban J connectivity index is 2.47. The first-order valence-electron chi connectivity index (χ1n) is 8.64. The Hall–Kier alpha value is -1.65. The van der Waals surface area contributed by atoms with Crippen LogP contribution in [0.5, 0.6) is 5.75 Å². The molecule has 0 bridgehead atoms. The van der Waals surface area contributed by atoms with Crippen molar-refractivity contribution in [2.75, 3.05) is 30.5 Å². The summed E-state index contributed by atoms with van der Waals surface area (Å²) in [7, 11) is -5.77. The second-order valence-electron chi connectivity index (χ2n) is 7.07. The molecule has 1 heterocycles. The smallest absolute Gasteiger partial charge is 0.243 e. The van der Waals surface area contributed by atoms with E-state index >= 15 is 0 Å². The van der Waals surface area contributed by atoms with E-state index in [2.05, 4.69) is 5.32 Å². The summed E-state index contributed by atoms with van der Waals surface area (Å²) in [6.45, 7) is 5.28. The van der Waals surface area contributed by atoms with Crippen molar-refractivity contribution in [2.45, 2.75) is 38.1 Å². The molecule has 0 aliphatic carbocycles. The van der Waals surface area contributed by atoms with Crippen LogP contribution in [0.4, 0.5) is 5.69 Å². The molecule has 2 rings (SSSR count). The minimum absolute atomic E-state index is 0.0124. The number of ether oxygens (including phenoxy) is 1. The molecule has 0 aromatic heterocycles. The summed E-state index contributed by atoms with van der Waals surface area (Å²) >= 11 is 0. The number of hydrogen-bond acceptors (Lipinski definition) is 6. The lowest BCUT2D eigenvalue weighted by atomic mass is 10.2. The van der Waals surface area contributed by atoms with Crippen LogP contribution in [0.15, 0.2) is 23.1 Å². The van der Waals surface area contributed by atoms with Gasteiger partial charge in [0.05, 0.1) is 29.2 Å². The van der Waals surface area contributed by atoms with E-state index in [0.717, 1.165) is 0 Å². The number of anilines is 1. The lowest BCUT2D eigenvalue weighted by Crippen LogP contribution is -2.43. The molecule has 1 aromatic carbocycles. The average Bonchev–Trinajstić information content (AvgIpc) is 2.91. The highest BCUT2D eigenvalue weighted by Crippen LogP contribution is 2.31. The van der Waals surface area contributed by atoms with Crippen LogP contribution in [0.3, 0.4) is 0 Å². The molecule has 0 spiro atoms. The van der Waals surface area contributed by atoms with Crippen LogP contribution in [-0.2, 0) is 24.7 Å². The number of carbonyl (C=O) groups is 1. The Morgan fingerprint density at radius 3 is 2.52 bits per heavy atom. The summed E-state index contributed by atoms with van der Waals surface area (Å²) < 4.78 is 56.7. The van der Waals surface area contributed by atoms with E-state index < -0.39 is 25.9 Å². The second-order valence-corrected chi connectivity index (χ2v) is 11.2. The maximum absolute atomic E-state index is 13.3. The largest absolute Gasteiger partial charge is 0.495 e. The molecule has 1 atom stereocenters. The van der Waals surface area contributed by atoms with Gasteiger partial charge in [0.25, 0.3) is 0 Å². The van der Waals surface area contributed by atoms with Gasteiger partial charge in [-0.25, -0.2) is 16.8 Å². The molecule has 1 aliphatic heterocycles. The van der Waals surface area contributed by atoms with Gasteiger partial charge < -0.3 is 10.1 Å².